The molecule has 2 atom stereocenters. The molecule has 0 bridgehead atoms. The van der Waals surface area contributed by atoms with Crippen LogP contribution in [-0.4, -0.2) is 49.8 Å². The zero-order valence-corrected chi connectivity index (χ0v) is 14.0. The number of nitrogens with zero attached hydrogens (tertiary/aromatic N) is 1. The zero-order chi connectivity index (χ0) is 14.4. The minimum absolute atomic E-state index is 0.274. The lowest BCUT2D eigenvalue weighted by atomic mass is 10.0. The van der Waals surface area contributed by atoms with Crippen molar-refractivity contribution in [3.63, 3.8) is 0 Å². The van der Waals surface area contributed by atoms with Crippen LogP contribution in [0.2, 0.25) is 4.34 Å². The molecule has 1 N–H and O–H groups in total. The van der Waals surface area contributed by atoms with E-state index in [1.165, 1.54) is 17.8 Å². The maximum absolute atomic E-state index is 6.03. The quantitative estimate of drug-likeness (QED) is 0.837. The molecule has 0 spiro atoms. The normalized spacial score (nSPS) is 22.1. The molecule has 1 fully saturated rings. The average molecular weight is 317 g/mol. The molecule has 3 nitrogen and oxygen atoms in total. The molecule has 0 amide bonds. The summed E-state index contributed by atoms with van der Waals surface area (Å²) in [7, 11) is 0. The highest BCUT2D eigenvalue weighted by Gasteiger charge is 2.27. The third-order valence-electron chi connectivity index (χ3n) is 3.68. The number of likely N-dealkylation sites (N-methyl/N-ethyl adjacent to an activating group) is 1. The molecule has 1 saturated heterocycles. The van der Waals surface area contributed by atoms with Crippen molar-refractivity contribution in [2.75, 3.05) is 32.8 Å². The summed E-state index contributed by atoms with van der Waals surface area (Å²) in [6.45, 7) is 9.47. The molecular formula is C15H25ClN2OS. The molecular weight excluding hydrogens is 292 g/mol. The van der Waals surface area contributed by atoms with Gasteiger partial charge in [0, 0.05) is 24.0 Å². The van der Waals surface area contributed by atoms with Gasteiger partial charge in [-0.25, -0.2) is 0 Å². The number of rotatable bonds is 7. The molecule has 2 rings (SSSR count). The van der Waals surface area contributed by atoms with Crippen molar-refractivity contribution >= 4 is 22.9 Å². The van der Waals surface area contributed by atoms with Gasteiger partial charge in [0.15, 0.2) is 0 Å². The van der Waals surface area contributed by atoms with E-state index in [4.69, 9.17) is 16.3 Å². The third kappa shape index (κ3) is 4.71. The van der Waals surface area contributed by atoms with E-state index in [1.54, 1.807) is 11.3 Å². The van der Waals surface area contributed by atoms with Crippen LogP contribution in [0.3, 0.4) is 0 Å². The summed E-state index contributed by atoms with van der Waals surface area (Å²) in [5.41, 5.74) is 0. The van der Waals surface area contributed by atoms with Gasteiger partial charge in [-0.15, -0.1) is 11.3 Å². The van der Waals surface area contributed by atoms with Gasteiger partial charge in [-0.1, -0.05) is 25.4 Å². The van der Waals surface area contributed by atoms with Crippen molar-refractivity contribution in [2.24, 2.45) is 0 Å². The zero-order valence-electron chi connectivity index (χ0n) is 12.4. The van der Waals surface area contributed by atoms with E-state index in [2.05, 4.69) is 30.1 Å². The second kappa shape index (κ2) is 8.35. The smallest absolute Gasteiger partial charge is 0.0931 e. The first-order chi connectivity index (χ1) is 9.72. The van der Waals surface area contributed by atoms with E-state index >= 15 is 0 Å². The SMILES string of the molecule is CCCN1CCOC(C(Cc2ccc(Cl)s2)NCC)C1. The maximum Gasteiger partial charge on any atom is 0.0931 e. The standard InChI is InChI=1S/C15H25ClN2OS/c1-3-7-18-8-9-19-14(11-18)13(17-4-2)10-12-5-6-15(16)20-12/h5-6,13-14,17H,3-4,7-11H2,1-2H3. The number of halogens is 1. The van der Waals surface area contributed by atoms with Gasteiger partial charge in [0.1, 0.15) is 0 Å². The molecule has 2 heterocycles. The van der Waals surface area contributed by atoms with E-state index in [0.29, 0.717) is 6.04 Å². The Morgan fingerprint density at radius 3 is 3.00 bits per heavy atom. The van der Waals surface area contributed by atoms with Crippen molar-refractivity contribution in [1.29, 1.82) is 0 Å². The van der Waals surface area contributed by atoms with Gasteiger partial charge in [-0.3, -0.25) is 4.90 Å². The molecule has 0 aromatic carbocycles. The predicted octanol–water partition coefficient (Wildman–Crippen LogP) is 3.03. The van der Waals surface area contributed by atoms with Crippen LogP contribution in [0.4, 0.5) is 0 Å². The molecule has 0 aliphatic carbocycles. The molecule has 1 aromatic rings. The van der Waals surface area contributed by atoms with Crippen LogP contribution in [0.25, 0.3) is 0 Å². The molecule has 1 aromatic heterocycles. The summed E-state index contributed by atoms with van der Waals surface area (Å²) in [6.07, 6.45) is 2.48. The van der Waals surface area contributed by atoms with Gasteiger partial charge >= 0.3 is 0 Å². The van der Waals surface area contributed by atoms with Crippen molar-refractivity contribution in [3.8, 4) is 0 Å². The Kier molecular flexibility index (Phi) is 6.78. The fraction of sp³-hybridized carbons (Fsp3) is 0.733. The van der Waals surface area contributed by atoms with Crippen LogP contribution in [0, 0.1) is 0 Å². The van der Waals surface area contributed by atoms with Crippen LogP contribution < -0.4 is 5.32 Å². The summed E-state index contributed by atoms with van der Waals surface area (Å²) >= 11 is 7.70. The van der Waals surface area contributed by atoms with E-state index in [1.807, 2.05) is 6.07 Å². The third-order valence-corrected chi connectivity index (χ3v) is 4.94. The Balaban J connectivity index is 1.96. The van der Waals surface area contributed by atoms with E-state index < -0.39 is 0 Å². The van der Waals surface area contributed by atoms with Crippen LogP contribution in [0.5, 0.6) is 0 Å². The Hall–Kier alpha value is -0.130. The fourth-order valence-corrected chi connectivity index (χ4v) is 3.92. The lowest BCUT2D eigenvalue weighted by Gasteiger charge is -2.37. The minimum Gasteiger partial charge on any atom is -0.374 e. The van der Waals surface area contributed by atoms with E-state index in [9.17, 15) is 0 Å². The van der Waals surface area contributed by atoms with Crippen LogP contribution in [0.15, 0.2) is 12.1 Å². The first kappa shape index (κ1) is 16.2. The van der Waals surface area contributed by atoms with Gasteiger partial charge in [0.25, 0.3) is 0 Å². The highest BCUT2D eigenvalue weighted by atomic mass is 35.5. The van der Waals surface area contributed by atoms with Crippen LogP contribution >= 0.6 is 22.9 Å². The number of morpholine rings is 1. The Bertz CT molecular complexity index is 397. The minimum atomic E-state index is 0.274. The second-order valence-electron chi connectivity index (χ2n) is 5.28. The Labute approximate surface area is 131 Å². The average Bonchev–Trinajstić information content (AvgIpc) is 2.84. The highest BCUT2D eigenvalue weighted by Crippen LogP contribution is 2.24. The van der Waals surface area contributed by atoms with Crippen molar-refractivity contribution in [1.82, 2.24) is 10.2 Å². The summed E-state index contributed by atoms with van der Waals surface area (Å²) in [5.74, 6) is 0. The molecule has 0 saturated carbocycles. The first-order valence-corrected chi connectivity index (χ1v) is 8.74. The lowest BCUT2D eigenvalue weighted by Crippen LogP contribution is -2.53. The van der Waals surface area contributed by atoms with Crippen LogP contribution in [0.1, 0.15) is 25.1 Å². The number of ether oxygens (including phenoxy) is 1. The largest absolute Gasteiger partial charge is 0.374 e. The van der Waals surface area contributed by atoms with Gasteiger partial charge in [-0.2, -0.15) is 0 Å². The monoisotopic (exact) mass is 316 g/mol. The van der Waals surface area contributed by atoms with Crippen LogP contribution in [-0.2, 0) is 11.2 Å². The van der Waals surface area contributed by atoms with Gasteiger partial charge in [-0.05, 0) is 38.1 Å². The van der Waals surface area contributed by atoms with Crippen molar-refractivity contribution in [3.05, 3.63) is 21.3 Å². The first-order valence-electron chi connectivity index (χ1n) is 7.54. The van der Waals surface area contributed by atoms with Gasteiger partial charge in [0.2, 0.25) is 0 Å². The topological polar surface area (TPSA) is 24.5 Å². The summed E-state index contributed by atoms with van der Waals surface area (Å²) in [5, 5.41) is 3.58. The lowest BCUT2D eigenvalue weighted by molar-refractivity contribution is -0.0458. The van der Waals surface area contributed by atoms with E-state index in [-0.39, 0.29) is 6.10 Å². The molecule has 2 unspecified atom stereocenters. The number of hydrogen-bond donors (Lipinski definition) is 1. The molecule has 1 aliphatic rings. The number of hydrogen-bond acceptors (Lipinski definition) is 4. The highest BCUT2D eigenvalue weighted by molar-refractivity contribution is 7.16. The molecule has 1 aliphatic heterocycles. The van der Waals surface area contributed by atoms with Crippen molar-refractivity contribution < 1.29 is 4.74 Å². The molecule has 5 heteroatoms. The Morgan fingerprint density at radius 2 is 2.35 bits per heavy atom. The fourth-order valence-electron chi connectivity index (χ4n) is 2.77. The van der Waals surface area contributed by atoms with Gasteiger partial charge in [0.05, 0.1) is 17.0 Å². The Morgan fingerprint density at radius 1 is 1.50 bits per heavy atom. The maximum atomic E-state index is 6.03. The second-order valence-corrected chi connectivity index (χ2v) is 7.08. The molecule has 0 radical (unpaired) electrons. The van der Waals surface area contributed by atoms with E-state index in [0.717, 1.165) is 37.0 Å². The summed E-state index contributed by atoms with van der Waals surface area (Å²) < 4.78 is 6.88. The summed E-state index contributed by atoms with van der Waals surface area (Å²) in [6, 6.07) is 4.48. The predicted molar refractivity (Wildman–Crippen MR) is 87.0 cm³/mol. The van der Waals surface area contributed by atoms with Crippen molar-refractivity contribution in [2.45, 2.75) is 38.8 Å². The van der Waals surface area contributed by atoms with Gasteiger partial charge < -0.3 is 10.1 Å². The molecule has 20 heavy (non-hydrogen) atoms. The number of thiophene rings is 1. The summed E-state index contributed by atoms with van der Waals surface area (Å²) in [4.78, 5) is 3.84. The number of nitrogens with one attached hydrogen (secondary N) is 1. The molecule has 114 valence electrons.